The summed E-state index contributed by atoms with van der Waals surface area (Å²) in [6.07, 6.45) is 2.35. The van der Waals surface area contributed by atoms with E-state index in [-0.39, 0.29) is 18.3 Å². The van der Waals surface area contributed by atoms with Crippen LogP contribution in [0.2, 0.25) is 0 Å². The Morgan fingerprint density at radius 2 is 1.92 bits per heavy atom. The molecule has 1 N–H and O–H groups in total. The Bertz CT molecular complexity index is 665. The first-order chi connectivity index (χ1) is 11.2. The molecule has 6 nitrogen and oxygen atoms in total. The lowest BCUT2D eigenvalue weighted by atomic mass is 10.0. The lowest BCUT2D eigenvalue weighted by Crippen LogP contribution is -2.44. The maximum absolute atomic E-state index is 12.5. The molecular formula is C17H24ClN5O. The van der Waals surface area contributed by atoms with E-state index in [1.165, 1.54) is 0 Å². The molecule has 1 aliphatic rings. The summed E-state index contributed by atoms with van der Waals surface area (Å²) < 4.78 is 1.79. The van der Waals surface area contributed by atoms with Gasteiger partial charge in [0.15, 0.2) is 0 Å². The van der Waals surface area contributed by atoms with Gasteiger partial charge in [0.05, 0.1) is 23.5 Å². The first-order valence-electron chi connectivity index (χ1n) is 8.10. The summed E-state index contributed by atoms with van der Waals surface area (Å²) in [6, 6.07) is 10.4. The molecule has 0 saturated carbocycles. The summed E-state index contributed by atoms with van der Waals surface area (Å²) in [5.41, 5.74) is 2.65. The largest absolute Gasteiger partial charge is 0.342 e. The quantitative estimate of drug-likeness (QED) is 0.913. The molecule has 1 amide bonds. The number of piperidine rings is 1. The van der Waals surface area contributed by atoms with Crippen LogP contribution in [0.3, 0.4) is 0 Å². The molecule has 1 fully saturated rings. The van der Waals surface area contributed by atoms with Crippen LogP contribution in [0.25, 0.3) is 5.69 Å². The van der Waals surface area contributed by atoms with Crippen molar-refractivity contribution in [1.82, 2.24) is 25.2 Å². The van der Waals surface area contributed by atoms with Crippen molar-refractivity contribution >= 4 is 18.3 Å². The maximum atomic E-state index is 12.5. The highest BCUT2D eigenvalue weighted by molar-refractivity contribution is 5.85. The Morgan fingerprint density at radius 1 is 1.25 bits per heavy atom. The predicted molar refractivity (Wildman–Crippen MR) is 95.7 cm³/mol. The number of rotatable bonds is 4. The molecule has 3 rings (SSSR count). The predicted octanol–water partition coefficient (Wildman–Crippen LogP) is 1.75. The number of amides is 1. The number of likely N-dealkylation sites (tertiary alicyclic amines) is 1. The third-order valence-electron chi connectivity index (χ3n) is 4.57. The normalized spacial score (nSPS) is 15.2. The average molecular weight is 350 g/mol. The number of carbonyl (C=O) groups excluding carboxylic acids is 1. The zero-order valence-corrected chi connectivity index (χ0v) is 14.9. The van der Waals surface area contributed by atoms with Crippen molar-refractivity contribution in [3.05, 3.63) is 41.7 Å². The average Bonchev–Trinajstić information content (AvgIpc) is 2.96. The van der Waals surface area contributed by atoms with Gasteiger partial charge in [0.25, 0.3) is 0 Å². The number of hydrogen-bond donors (Lipinski definition) is 1. The molecule has 0 unspecified atom stereocenters. The van der Waals surface area contributed by atoms with E-state index >= 15 is 0 Å². The van der Waals surface area contributed by atoms with E-state index in [0.717, 1.165) is 43.0 Å². The molecule has 0 bridgehead atoms. The number of aromatic nitrogens is 3. The van der Waals surface area contributed by atoms with Crippen molar-refractivity contribution in [3.63, 3.8) is 0 Å². The highest BCUT2D eigenvalue weighted by atomic mass is 35.5. The van der Waals surface area contributed by atoms with Crippen molar-refractivity contribution in [3.8, 4) is 5.69 Å². The highest BCUT2D eigenvalue weighted by Gasteiger charge is 2.23. The number of carbonyl (C=O) groups is 1. The van der Waals surface area contributed by atoms with Gasteiger partial charge in [0.2, 0.25) is 5.91 Å². The molecule has 0 aliphatic carbocycles. The number of nitrogens with zero attached hydrogens (tertiary/aromatic N) is 4. The number of para-hydroxylation sites is 1. The van der Waals surface area contributed by atoms with Crippen LogP contribution in [0.5, 0.6) is 0 Å². The molecule has 0 radical (unpaired) electrons. The van der Waals surface area contributed by atoms with Crippen LogP contribution < -0.4 is 5.32 Å². The van der Waals surface area contributed by atoms with Crippen molar-refractivity contribution in [1.29, 1.82) is 0 Å². The second kappa shape index (κ2) is 8.26. The minimum absolute atomic E-state index is 0. The van der Waals surface area contributed by atoms with E-state index < -0.39 is 0 Å². The fraction of sp³-hybridized carbons (Fsp3) is 0.471. The summed E-state index contributed by atoms with van der Waals surface area (Å²) in [5.74, 6) is 0.141. The first kappa shape index (κ1) is 18.4. The van der Waals surface area contributed by atoms with Crippen LogP contribution in [-0.2, 0) is 11.2 Å². The van der Waals surface area contributed by atoms with E-state index in [1.54, 1.807) is 4.68 Å². The zero-order chi connectivity index (χ0) is 16.2. The molecule has 1 aromatic carbocycles. The topological polar surface area (TPSA) is 63.1 Å². The van der Waals surface area contributed by atoms with Gasteiger partial charge in [0.1, 0.15) is 0 Å². The second-order valence-corrected chi connectivity index (χ2v) is 5.99. The monoisotopic (exact) mass is 349 g/mol. The lowest BCUT2D eigenvalue weighted by Gasteiger charge is -2.31. The fourth-order valence-electron chi connectivity index (χ4n) is 3.01. The van der Waals surface area contributed by atoms with Gasteiger partial charge >= 0.3 is 0 Å². The summed E-state index contributed by atoms with van der Waals surface area (Å²) >= 11 is 0. The fourth-order valence-corrected chi connectivity index (χ4v) is 3.01. The molecular weight excluding hydrogens is 326 g/mol. The van der Waals surface area contributed by atoms with Crippen molar-refractivity contribution in [2.75, 3.05) is 20.1 Å². The summed E-state index contributed by atoms with van der Waals surface area (Å²) in [5, 5.41) is 11.7. The van der Waals surface area contributed by atoms with Gasteiger partial charge in [-0.05, 0) is 38.9 Å². The van der Waals surface area contributed by atoms with Crippen LogP contribution in [0.1, 0.15) is 24.2 Å². The smallest absolute Gasteiger partial charge is 0.228 e. The van der Waals surface area contributed by atoms with E-state index in [0.29, 0.717) is 12.5 Å². The molecule has 1 aromatic heterocycles. The molecule has 2 heterocycles. The third-order valence-corrected chi connectivity index (χ3v) is 4.57. The van der Waals surface area contributed by atoms with Gasteiger partial charge < -0.3 is 10.2 Å². The summed E-state index contributed by atoms with van der Waals surface area (Å²) in [6.45, 7) is 3.59. The molecule has 130 valence electrons. The van der Waals surface area contributed by atoms with Crippen LogP contribution >= 0.6 is 12.4 Å². The standard InChI is InChI=1S/C17H23N5O.ClH/c1-13-16(19-20-22(13)15-6-4-3-5-7-15)12-17(23)21-10-8-14(18-2)9-11-21;/h3-7,14,18H,8-12H2,1-2H3;1H. The van der Waals surface area contributed by atoms with Crippen molar-refractivity contribution in [2.45, 2.75) is 32.2 Å². The Labute approximate surface area is 148 Å². The Kier molecular flexibility index (Phi) is 6.34. The van der Waals surface area contributed by atoms with Crippen molar-refractivity contribution < 1.29 is 4.79 Å². The van der Waals surface area contributed by atoms with Gasteiger partial charge in [-0.2, -0.15) is 0 Å². The number of benzene rings is 1. The lowest BCUT2D eigenvalue weighted by molar-refractivity contribution is -0.131. The molecule has 1 saturated heterocycles. The van der Waals surface area contributed by atoms with Gasteiger partial charge in [-0.25, -0.2) is 4.68 Å². The van der Waals surface area contributed by atoms with E-state index in [1.807, 2.05) is 49.2 Å². The number of hydrogen-bond acceptors (Lipinski definition) is 4. The zero-order valence-electron chi connectivity index (χ0n) is 14.1. The second-order valence-electron chi connectivity index (χ2n) is 5.99. The van der Waals surface area contributed by atoms with Gasteiger partial charge in [-0.15, -0.1) is 17.5 Å². The van der Waals surface area contributed by atoms with Crippen LogP contribution in [0.4, 0.5) is 0 Å². The maximum Gasteiger partial charge on any atom is 0.228 e. The van der Waals surface area contributed by atoms with Gasteiger partial charge in [-0.1, -0.05) is 23.4 Å². The summed E-state index contributed by atoms with van der Waals surface area (Å²) in [7, 11) is 1.98. The van der Waals surface area contributed by atoms with Crippen molar-refractivity contribution in [2.24, 2.45) is 0 Å². The molecule has 7 heteroatoms. The molecule has 0 atom stereocenters. The van der Waals surface area contributed by atoms with Gasteiger partial charge in [-0.3, -0.25) is 4.79 Å². The molecule has 24 heavy (non-hydrogen) atoms. The number of halogens is 1. The Morgan fingerprint density at radius 3 is 2.54 bits per heavy atom. The molecule has 0 spiro atoms. The van der Waals surface area contributed by atoms with Gasteiger partial charge in [0, 0.05) is 19.1 Å². The highest BCUT2D eigenvalue weighted by Crippen LogP contribution is 2.15. The Hall–Kier alpha value is -1.92. The van der Waals surface area contributed by atoms with Crippen LogP contribution in [0.15, 0.2) is 30.3 Å². The SMILES string of the molecule is CNC1CCN(C(=O)Cc2nnn(-c3ccccc3)c2C)CC1.Cl. The van der Waals surface area contributed by atoms with E-state index in [4.69, 9.17) is 0 Å². The van der Waals surface area contributed by atoms with Crippen LogP contribution in [0, 0.1) is 6.92 Å². The Balaban J connectivity index is 0.00000208. The third kappa shape index (κ3) is 3.94. The van der Waals surface area contributed by atoms with E-state index in [9.17, 15) is 4.79 Å². The first-order valence-corrected chi connectivity index (χ1v) is 8.10. The number of nitrogens with one attached hydrogen (secondary N) is 1. The minimum Gasteiger partial charge on any atom is -0.342 e. The minimum atomic E-state index is 0. The summed E-state index contributed by atoms with van der Waals surface area (Å²) in [4.78, 5) is 14.4. The van der Waals surface area contributed by atoms with Crippen LogP contribution in [-0.4, -0.2) is 52.0 Å². The molecule has 1 aliphatic heterocycles. The van der Waals surface area contributed by atoms with E-state index in [2.05, 4.69) is 15.6 Å². The molecule has 2 aromatic rings.